The summed E-state index contributed by atoms with van der Waals surface area (Å²) in [6, 6.07) is 4.70. The molecule has 0 amide bonds. The van der Waals surface area contributed by atoms with E-state index in [1.54, 1.807) is 12.1 Å². The van der Waals surface area contributed by atoms with Crippen molar-refractivity contribution in [3.63, 3.8) is 0 Å². The molecule has 3 atom stereocenters. The van der Waals surface area contributed by atoms with E-state index < -0.39 is 5.60 Å². The minimum atomic E-state index is -0.748. The van der Waals surface area contributed by atoms with E-state index in [1.165, 1.54) is 6.07 Å². The summed E-state index contributed by atoms with van der Waals surface area (Å²) in [6.45, 7) is 2.93. The Balaban J connectivity index is 1.82. The lowest BCUT2D eigenvalue weighted by Gasteiger charge is -2.39. The van der Waals surface area contributed by atoms with Gasteiger partial charge in [-0.3, -0.25) is 0 Å². The van der Waals surface area contributed by atoms with E-state index in [1.807, 2.05) is 0 Å². The monoisotopic (exact) mass is 269 g/mol. The molecule has 1 N–H and O–H groups in total. The van der Waals surface area contributed by atoms with Crippen molar-refractivity contribution < 1.29 is 9.50 Å². The van der Waals surface area contributed by atoms with Crippen LogP contribution in [0, 0.1) is 11.7 Å². The number of fused-ring (bicyclic) bond motifs is 2. The van der Waals surface area contributed by atoms with Gasteiger partial charge < -0.3 is 10.0 Å². The maximum Gasteiger partial charge on any atom is 0.127 e. The summed E-state index contributed by atoms with van der Waals surface area (Å²) >= 11 is 5.75. The third kappa shape index (κ3) is 2.15. The molecule has 2 saturated heterocycles. The number of hydrogen-bond acceptors (Lipinski definition) is 2. The Morgan fingerprint density at radius 2 is 2.28 bits per heavy atom. The zero-order valence-corrected chi connectivity index (χ0v) is 11.0. The molecule has 1 aromatic rings. The van der Waals surface area contributed by atoms with Crippen molar-refractivity contribution in [2.24, 2.45) is 5.92 Å². The maximum atomic E-state index is 13.8. The van der Waals surface area contributed by atoms with Crippen LogP contribution in [0.5, 0.6) is 0 Å². The molecule has 18 heavy (non-hydrogen) atoms. The third-order valence-corrected chi connectivity index (χ3v) is 4.64. The van der Waals surface area contributed by atoms with E-state index >= 15 is 0 Å². The fraction of sp³-hybridized carbons (Fsp3) is 0.571. The number of rotatable bonds is 2. The zero-order chi connectivity index (χ0) is 12.8. The first-order valence-electron chi connectivity index (χ1n) is 6.45. The predicted molar refractivity (Wildman–Crippen MR) is 69.2 cm³/mol. The molecule has 4 heteroatoms. The summed E-state index contributed by atoms with van der Waals surface area (Å²) < 4.78 is 13.8. The highest BCUT2D eigenvalue weighted by atomic mass is 35.5. The van der Waals surface area contributed by atoms with Crippen LogP contribution in [-0.4, -0.2) is 35.2 Å². The molecule has 3 rings (SSSR count). The molecule has 0 aromatic heterocycles. The molecule has 2 aliphatic heterocycles. The second kappa shape index (κ2) is 4.48. The van der Waals surface area contributed by atoms with Crippen LogP contribution >= 0.6 is 11.6 Å². The van der Waals surface area contributed by atoms with Gasteiger partial charge in [-0.05, 0) is 37.1 Å². The smallest absolute Gasteiger partial charge is 0.127 e. The standard InChI is InChI=1S/C14H17ClFNO/c15-12-2-1-10(13(16)7-12)8-14(18)4-6-17-5-3-11(14)9-17/h1-2,7,11,18H,3-6,8-9H2. The second-order valence-corrected chi connectivity index (χ2v) is 5.99. The van der Waals surface area contributed by atoms with Crippen molar-refractivity contribution in [3.05, 3.63) is 34.6 Å². The molecule has 0 aliphatic carbocycles. The van der Waals surface area contributed by atoms with Gasteiger partial charge >= 0.3 is 0 Å². The van der Waals surface area contributed by atoms with Crippen molar-refractivity contribution in [1.82, 2.24) is 4.90 Å². The van der Waals surface area contributed by atoms with E-state index in [-0.39, 0.29) is 11.7 Å². The normalized spacial score (nSPS) is 34.8. The second-order valence-electron chi connectivity index (χ2n) is 5.55. The first-order chi connectivity index (χ1) is 8.57. The Hall–Kier alpha value is -0.640. The first kappa shape index (κ1) is 12.4. The summed E-state index contributed by atoms with van der Waals surface area (Å²) in [5, 5.41) is 11.2. The fourth-order valence-electron chi connectivity index (χ4n) is 3.26. The highest BCUT2D eigenvalue weighted by molar-refractivity contribution is 6.30. The van der Waals surface area contributed by atoms with Crippen LogP contribution < -0.4 is 0 Å². The van der Waals surface area contributed by atoms with Crippen molar-refractivity contribution >= 4 is 11.6 Å². The molecule has 1 aromatic carbocycles. The highest BCUT2D eigenvalue weighted by Crippen LogP contribution is 2.38. The number of aliphatic hydroxyl groups is 1. The van der Waals surface area contributed by atoms with Gasteiger partial charge in [0.25, 0.3) is 0 Å². The predicted octanol–water partition coefficient (Wildman–Crippen LogP) is 2.48. The van der Waals surface area contributed by atoms with Crippen LogP contribution in [0.3, 0.4) is 0 Å². The summed E-state index contributed by atoms with van der Waals surface area (Å²) in [5.41, 5.74) is -0.177. The first-order valence-corrected chi connectivity index (χ1v) is 6.83. The Morgan fingerprint density at radius 3 is 3.06 bits per heavy atom. The minimum absolute atomic E-state index is 0.279. The molecule has 2 fully saturated rings. The van der Waals surface area contributed by atoms with E-state index in [4.69, 9.17) is 11.6 Å². The van der Waals surface area contributed by atoms with Crippen LogP contribution in [-0.2, 0) is 6.42 Å². The van der Waals surface area contributed by atoms with E-state index in [0.29, 0.717) is 17.0 Å². The van der Waals surface area contributed by atoms with Crippen LogP contribution in [0.25, 0.3) is 0 Å². The Labute approximate surface area is 111 Å². The third-order valence-electron chi connectivity index (χ3n) is 4.40. The highest BCUT2D eigenvalue weighted by Gasteiger charge is 2.44. The summed E-state index contributed by atoms with van der Waals surface area (Å²) in [6.07, 6.45) is 2.15. The zero-order valence-electron chi connectivity index (χ0n) is 10.2. The van der Waals surface area contributed by atoms with Gasteiger partial charge in [0.05, 0.1) is 5.60 Å². The van der Waals surface area contributed by atoms with Gasteiger partial charge in [0.2, 0.25) is 0 Å². The number of halogens is 2. The lowest BCUT2D eigenvalue weighted by atomic mass is 9.78. The molecule has 0 saturated carbocycles. The summed E-state index contributed by atoms with van der Waals surface area (Å²) in [4.78, 5) is 2.37. The van der Waals surface area contributed by atoms with Gasteiger partial charge in [-0.1, -0.05) is 17.7 Å². The number of hydrogen-bond donors (Lipinski definition) is 1. The van der Waals surface area contributed by atoms with E-state index in [2.05, 4.69) is 4.90 Å². The molecule has 3 unspecified atom stereocenters. The average Bonchev–Trinajstić information content (AvgIpc) is 2.74. The van der Waals surface area contributed by atoms with E-state index in [0.717, 1.165) is 32.5 Å². The average molecular weight is 270 g/mol. The largest absolute Gasteiger partial charge is 0.389 e. The Bertz CT molecular complexity index is 467. The lowest BCUT2D eigenvalue weighted by molar-refractivity contribution is -0.0444. The fourth-order valence-corrected chi connectivity index (χ4v) is 3.42. The van der Waals surface area contributed by atoms with Gasteiger partial charge in [0.15, 0.2) is 0 Å². The minimum Gasteiger partial charge on any atom is -0.389 e. The topological polar surface area (TPSA) is 23.5 Å². The SMILES string of the molecule is OC1(Cc2ccc(Cl)cc2F)CCN2CCC1C2. The van der Waals surface area contributed by atoms with Crippen molar-refractivity contribution in [2.75, 3.05) is 19.6 Å². The van der Waals surface area contributed by atoms with E-state index in [9.17, 15) is 9.50 Å². The lowest BCUT2D eigenvalue weighted by Crippen LogP contribution is -2.48. The molecule has 2 heterocycles. The molecule has 2 nitrogen and oxygen atoms in total. The number of piperidine rings is 1. The van der Waals surface area contributed by atoms with Crippen LogP contribution in [0.2, 0.25) is 5.02 Å². The van der Waals surface area contributed by atoms with Crippen molar-refractivity contribution in [1.29, 1.82) is 0 Å². The molecule has 0 radical (unpaired) electrons. The van der Waals surface area contributed by atoms with Gasteiger partial charge in [0.1, 0.15) is 5.82 Å². The quantitative estimate of drug-likeness (QED) is 0.892. The van der Waals surface area contributed by atoms with Gasteiger partial charge in [-0.2, -0.15) is 0 Å². The summed E-state index contributed by atoms with van der Waals surface area (Å²) in [7, 11) is 0. The molecule has 2 aliphatic rings. The van der Waals surface area contributed by atoms with Gasteiger partial charge in [-0.15, -0.1) is 0 Å². The van der Waals surface area contributed by atoms with Crippen LogP contribution in [0.4, 0.5) is 4.39 Å². The van der Waals surface area contributed by atoms with Gasteiger partial charge in [0, 0.05) is 30.5 Å². The molecular weight excluding hydrogens is 253 g/mol. The molecule has 0 spiro atoms. The number of benzene rings is 1. The Morgan fingerprint density at radius 1 is 1.44 bits per heavy atom. The molecule has 2 bridgehead atoms. The maximum absolute atomic E-state index is 13.8. The molecular formula is C14H17ClFNO. The molecule has 98 valence electrons. The van der Waals surface area contributed by atoms with Crippen molar-refractivity contribution in [3.8, 4) is 0 Å². The van der Waals surface area contributed by atoms with Crippen molar-refractivity contribution in [2.45, 2.75) is 24.9 Å². The van der Waals surface area contributed by atoms with Crippen LogP contribution in [0.15, 0.2) is 18.2 Å². The Kier molecular flexibility index (Phi) is 3.08. The van der Waals surface area contributed by atoms with Crippen LogP contribution in [0.1, 0.15) is 18.4 Å². The summed E-state index contributed by atoms with van der Waals surface area (Å²) in [5.74, 6) is -0.0299. The number of nitrogens with zero attached hydrogens (tertiary/aromatic N) is 1. The van der Waals surface area contributed by atoms with Gasteiger partial charge in [-0.25, -0.2) is 4.39 Å².